The van der Waals surface area contributed by atoms with Gasteiger partial charge in [0.1, 0.15) is 5.82 Å². The van der Waals surface area contributed by atoms with E-state index in [2.05, 4.69) is 6.92 Å². The summed E-state index contributed by atoms with van der Waals surface area (Å²) < 4.78 is 19.1. The van der Waals surface area contributed by atoms with Gasteiger partial charge in [0.05, 0.1) is 17.4 Å². The molecule has 1 aromatic rings. The van der Waals surface area contributed by atoms with Gasteiger partial charge in [-0.25, -0.2) is 4.39 Å². The van der Waals surface area contributed by atoms with Gasteiger partial charge in [-0.3, -0.25) is 4.79 Å². The Balaban J connectivity index is 2.06. The minimum atomic E-state index is -0.549. The lowest BCUT2D eigenvalue weighted by Gasteiger charge is -2.33. The molecule has 2 rings (SSSR count). The van der Waals surface area contributed by atoms with Crippen molar-refractivity contribution >= 4 is 11.6 Å². The minimum absolute atomic E-state index is 0.0717. The summed E-state index contributed by atoms with van der Waals surface area (Å²) in [5.74, 6) is -0.765. The third kappa shape index (κ3) is 3.28. The van der Waals surface area contributed by atoms with E-state index in [1.165, 1.54) is 12.1 Å². The molecule has 0 bridgehead atoms. The van der Waals surface area contributed by atoms with Crippen LogP contribution in [0.5, 0.6) is 0 Å². The normalized spacial score (nSPS) is 19.1. The number of para-hydroxylation sites is 1. The Morgan fingerprint density at radius 1 is 1.55 bits per heavy atom. The molecule has 2 N–H and O–H groups in total. The van der Waals surface area contributed by atoms with Gasteiger partial charge >= 0.3 is 0 Å². The number of halogens is 1. The highest BCUT2D eigenvalue weighted by molar-refractivity contribution is 5.99. The van der Waals surface area contributed by atoms with Crippen LogP contribution >= 0.6 is 0 Å². The van der Waals surface area contributed by atoms with Gasteiger partial charge in [0.15, 0.2) is 0 Å². The van der Waals surface area contributed by atoms with Crippen molar-refractivity contribution in [1.82, 2.24) is 4.90 Å². The van der Waals surface area contributed by atoms with Crippen molar-refractivity contribution in [2.45, 2.75) is 32.3 Å². The highest BCUT2D eigenvalue weighted by Crippen LogP contribution is 2.21. The molecular weight excluding hydrogens is 259 g/mol. The molecule has 1 saturated heterocycles. The fraction of sp³-hybridized carbons (Fsp3) is 0.533. The molecule has 1 aliphatic rings. The van der Waals surface area contributed by atoms with Crippen LogP contribution in [0.4, 0.5) is 10.1 Å². The van der Waals surface area contributed by atoms with E-state index in [9.17, 15) is 9.18 Å². The zero-order chi connectivity index (χ0) is 14.5. The predicted molar refractivity (Wildman–Crippen MR) is 76.0 cm³/mol. The first kappa shape index (κ1) is 14.8. The molecule has 110 valence electrons. The van der Waals surface area contributed by atoms with Crippen LogP contribution in [0.3, 0.4) is 0 Å². The SMILES string of the molecule is CCCOC1CCCN(C(=O)c2cccc(F)c2N)C1. The monoisotopic (exact) mass is 280 g/mol. The molecule has 1 heterocycles. The van der Waals surface area contributed by atoms with E-state index in [1.54, 1.807) is 11.0 Å². The quantitative estimate of drug-likeness (QED) is 0.862. The van der Waals surface area contributed by atoms with Gasteiger partial charge in [-0.05, 0) is 31.4 Å². The minimum Gasteiger partial charge on any atom is -0.396 e. The molecule has 0 radical (unpaired) electrons. The largest absolute Gasteiger partial charge is 0.396 e. The molecule has 1 fully saturated rings. The molecule has 1 aromatic carbocycles. The topological polar surface area (TPSA) is 55.6 Å². The standard InChI is InChI=1S/C15H21FN2O2/c1-2-9-20-11-5-4-8-18(10-11)15(19)12-6-3-7-13(16)14(12)17/h3,6-7,11H,2,4-5,8-10,17H2,1H3. The summed E-state index contributed by atoms with van der Waals surface area (Å²) in [6, 6.07) is 4.33. The van der Waals surface area contributed by atoms with Crippen molar-refractivity contribution in [3.8, 4) is 0 Å². The zero-order valence-corrected chi connectivity index (χ0v) is 11.8. The van der Waals surface area contributed by atoms with Gasteiger partial charge < -0.3 is 15.4 Å². The maximum Gasteiger partial charge on any atom is 0.256 e. The van der Waals surface area contributed by atoms with Gasteiger partial charge in [-0.2, -0.15) is 0 Å². The van der Waals surface area contributed by atoms with Gasteiger partial charge in [0.25, 0.3) is 5.91 Å². The first-order valence-electron chi connectivity index (χ1n) is 7.08. The van der Waals surface area contributed by atoms with Crippen molar-refractivity contribution in [3.63, 3.8) is 0 Å². The molecule has 20 heavy (non-hydrogen) atoms. The zero-order valence-electron chi connectivity index (χ0n) is 11.8. The fourth-order valence-corrected chi connectivity index (χ4v) is 2.44. The first-order chi connectivity index (χ1) is 9.63. The van der Waals surface area contributed by atoms with Crippen LogP contribution in [-0.2, 0) is 4.74 Å². The molecule has 1 atom stereocenters. The Morgan fingerprint density at radius 2 is 2.35 bits per heavy atom. The predicted octanol–water partition coefficient (Wildman–Crippen LogP) is 2.44. The number of ether oxygens (including phenoxy) is 1. The molecule has 0 spiro atoms. The third-order valence-electron chi connectivity index (χ3n) is 3.51. The number of nitrogen functional groups attached to an aromatic ring is 1. The number of benzene rings is 1. The maximum atomic E-state index is 13.4. The molecule has 0 aliphatic carbocycles. The number of hydrogen-bond acceptors (Lipinski definition) is 3. The lowest BCUT2D eigenvalue weighted by atomic mass is 10.1. The van der Waals surface area contributed by atoms with Gasteiger partial charge in [-0.15, -0.1) is 0 Å². The molecule has 0 aromatic heterocycles. The maximum absolute atomic E-state index is 13.4. The van der Waals surface area contributed by atoms with Crippen molar-refractivity contribution in [1.29, 1.82) is 0 Å². The first-order valence-corrected chi connectivity index (χ1v) is 7.08. The smallest absolute Gasteiger partial charge is 0.256 e. The number of nitrogens with zero attached hydrogens (tertiary/aromatic N) is 1. The van der Waals surface area contributed by atoms with E-state index in [0.717, 1.165) is 19.3 Å². The number of rotatable bonds is 4. The number of piperidine rings is 1. The second kappa shape index (κ2) is 6.70. The number of hydrogen-bond donors (Lipinski definition) is 1. The van der Waals surface area contributed by atoms with Crippen molar-refractivity contribution in [2.24, 2.45) is 0 Å². The fourth-order valence-electron chi connectivity index (χ4n) is 2.44. The van der Waals surface area contributed by atoms with Crippen LogP contribution < -0.4 is 5.73 Å². The molecule has 1 aliphatic heterocycles. The molecule has 1 unspecified atom stereocenters. The Morgan fingerprint density at radius 3 is 3.10 bits per heavy atom. The van der Waals surface area contributed by atoms with E-state index in [1.807, 2.05) is 0 Å². The van der Waals surface area contributed by atoms with Crippen molar-refractivity contribution in [3.05, 3.63) is 29.6 Å². The van der Waals surface area contributed by atoms with E-state index >= 15 is 0 Å². The van der Waals surface area contributed by atoms with Crippen molar-refractivity contribution < 1.29 is 13.9 Å². The van der Waals surface area contributed by atoms with Crippen LogP contribution in [0.15, 0.2) is 18.2 Å². The van der Waals surface area contributed by atoms with Crippen LogP contribution in [0.1, 0.15) is 36.5 Å². The van der Waals surface area contributed by atoms with Crippen LogP contribution in [0.25, 0.3) is 0 Å². The molecule has 1 amide bonds. The van der Waals surface area contributed by atoms with E-state index < -0.39 is 5.82 Å². The summed E-state index contributed by atoms with van der Waals surface area (Å²) in [5, 5.41) is 0. The van der Waals surface area contributed by atoms with Gasteiger partial charge in [0.2, 0.25) is 0 Å². The molecular formula is C15H21FN2O2. The van der Waals surface area contributed by atoms with Gasteiger partial charge in [0, 0.05) is 19.7 Å². The highest BCUT2D eigenvalue weighted by atomic mass is 19.1. The van der Waals surface area contributed by atoms with E-state index in [-0.39, 0.29) is 23.3 Å². The van der Waals surface area contributed by atoms with Crippen LogP contribution in [-0.4, -0.2) is 36.6 Å². The Bertz CT molecular complexity index is 479. The summed E-state index contributed by atoms with van der Waals surface area (Å²) in [4.78, 5) is 14.1. The van der Waals surface area contributed by atoms with Crippen molar-refractivity contribution in [2.75, 3.05) is 25.4 Å². The molecule has 0 saturated carbocycles. The van der Waals surface area contributed by atoms with E-state index in [4.69, 9.17) is 10.5 Å². The summed E-state index contributed by atoms with van der Waals surface area (Å²) in [7, 11) is 0. The number of carbonyl (C=O) groups excluding carboxylic acids is 1. The number of carbonyl (C=O) groups is 1. The second-order valence-electron chi connectivity index (χ2n) is 5.09. The average molecular weight is 280 g/mol. The number of anilines is 1. The van der Waals surface area contributed by atoms with E-state index in [0.29, 0.717) is 19.7 Å². The summed E-state index contributed by atoms with van der Waals surface area (Å²) in [6.45, 7) is 3.98. The Labute approximate surface area is 118 Å². The second-order valence-corrected chi connectivity index (χ2v) is 5.09. The number of amides is 1. The molecule has 4 nitrogen and oxygen atoms in total. The lowest BCUT2D eigenvalue weighted by Crippen LogP contribution is -2.43. The average Bonchev–Trinajstić information content (AvgIpc) is 2.47. The highest BCUT2D eigenvalue weighted by Gasteiger charge is 2.26. The Kier molecular flexibility index (Phi) is 4.95. The summed E-state index contributed by atoms with van der Waals surface area (Å²) in [5.41, 5.74) is 5.81. The van der Waals surface area contributed by atoms with Crippen LogP contribution in [0.2, 0.25) is 0 Å². The Hall–Kier alpha value is -1.62. The summed E-state index contributed by atoms with van der Waals surface area (Å²) in [6.07, 6.45) is 2.89. The number of nitrogens with two attached hydrogens (primary N) is 1. The summed E-state index contributed by atoms with van der Waals surface area (Å²) >= 11 is 0. The number of likely N-dealkylation sites (tertiary alicyclic amines) is 1. The third-order valence-corrected chi connectivity index (χ3v) is 3.51. The van der Waals surface area contributed by atoms with Crippen LogP contribution in [0, 0.1) is 5.82 Å². The lowest BCUT2D eigenvalue weighted by molar-refractivity contribution is 0.00213. The van der Waals surface area contributed by atoms with Gasteiger partial charge in [-0.1, -0.05) is 13.0 Å². The molecule has 5 heteroatoms.